The summed E-state index contributed by atoms with van der Waals surface area (Å²) in [6, 6.07) is 7.76. The van der Waals surface area contributed by atoms with Gasteiger partial charge in [0.25, 0.3) is 5.91 Å². The van der Waals surface area contributed by atoms with Gasteiger partial charge in [-0.05, 0) is 53.3 Å². The second-order valence-corrected chi connectivity index (χ2v) is 6.10. The topological polar surface area (TPSA) is 68.2 Å². The van der Waals surface area contributed by atoms with Gasteiger partial charge in [-0.3, -0.25) is 4.79 Å². The molecule has 0 unspecified atom stereocenters. The van der Waals surface area contributed by atoms with E-state index in [2.05, 4.69) is 33.2 Å². The predicted molar refractivity (Wildman–Crippen MR) is 90.7 cm³/mol. The van der Waals surface area contributed by atoms with Gasteiger partial charge in [-0.1, -0.05) is 0 Å². The number of nitrogens with one attached hydrogen (secondary N) is 2. The Morgan fingerprint density at radius 2 is 2.19 bits per heavy atom. The van der Waals surface area contributed by atoms with Crippen molar-refractivity contribution in [2.24, 2.45) is 0 Å². The minimum Gasteiger partial charge on any atom is -0.374 e. The molecule has 0 aromatic heterocycles. The van der Waals surface area contributed by atoms with Crippen LogP contribution in [0.2, 0.25) is 0 Å². The summed E-state index contributed by atoms with van der Waals surface area (Å²) in [4.78, 5) is 14.2. The van der Waals surface area contributed by atoms with Crippen molar-refractivity contribution in [3.8, 4) is 6.07 Å². The Balaban J connectivity index is 2.09. The first kappa shape index (κ1) is 15.8. The fourth-order valence-electron chi connectivity index (χ4n) is 2.09. The Labute approximate surface area is 138 Å². The van der Waals surface area contributed by atoms with Crippen LogP contribution < -0.4 is 10.6 Å². The molecule has 2 N–H and O–H groups in total. The van der Waals surface area contributed by atoms with Crippen molar-refractivity contribution in [2.45, 2.75) is 6.92 Å². The zero-order chi connectivity index (χ0) is 15.2. The van der Waals surface area contributed by atoms with Gasteiger partial charge in [0.05, 0.1) is 0 Å². The number of carbonyl (C=O) groups excluding carboxylic acids is 1. The molecule has 0 saturated carbocycles. The summed E-state index contributed by atoms with van der Waals surface area (Å²) in [6.07, 6.45) is 1.65. The van der Waals surface area contributed by atoms with Crippen LogP contribution in [-0.4, -0.2) is 37.0 Å². The highest BCUT2D eigenvalue weighted by Crippen LogP contribution is 2.18. The van der Waals surface area contributed by atoms with E-state index in [0.29, 0.717) is 0 Å². The molecule has 0 aliphatic carbocycles. The second-order valence-electron chi connectivity index (χ2n) is 4.85. The summed E-state index contributed by atoms with van der Waals surface area (Å²) in [5.74, 6) is -0.361. The summed E-state index contributed by atoms with van der Waals surface area (Å²) in [7, 11) is 0. The van der Waals surface area contributed by atoms with Crippen LogP contribution in [0.15, 0.2) is 30.0 Å². The van der Waals surface area contributed by atoms with E-state index in [9.17, 15) is 10.1 Å². The van der Waals surface area contributed by atoms with Crippen molar-refractivity contribution in [3.63, 3.8) is 0 Å². The number of carbonyl (C=O) groups is 1. The highest BCUT2D eigenvalue weighted by molar-refractivity contribution is 14.1. The van der Waals surface area contributed by atoms with Gasteiger partial charge in [0.2, 0.25) is 0 Å². The van der Waals surface area contributed by atoms with Crippen LogP contribution in [0, 0.1) is 21.8 Å². The predicted octanol–water partition coefficient (Wildman–Crippen LogP) is 1.85. The highest BCUT2D eigenvalue weighted by atomic mass is 127. The van der Waals surface area contributed by atoms with Crippen molar-refractivity contribution in [2.75, 3.05) is 31.5 Å². The SMILES string of the molecule is Cc1cc(I)ccc1NC(=O)/C(C#N)=C\N1CCNCC1. The molecule has 1 fully saturated rings. The lowest BCUT2D eigenvalue weighted by atomic mass is 10.2. The zero-order valence-electron chi connectivity index (χ0n) is 11.8. The van der Waals surface area contributed by atoms with Crippen LogP contribution >= 0.6 is 22.6 Å². The third-order valence-corrected chi connectivity index (χ3v) is 3.94. The number of rotatable bonds is 3. The molecular weight excluding hydrogens is 379 g/mol. The van der Waals surface area contributed by atoms with E-state index in [4.69, 9.17) is 0 Å². The molecule has 1 aliphatic heterocycles. The maximum atomic E-state index is 12.2. The van der Waals surface area contributed by atoms with Crippen molar-refractivity contribution >= 4 is 34.2 Å². The van der Waals surface area contributed by atoms with Crippen LogP contribution in [0.5, 0.6) is 0 Å². The fourth-order valence-corrected chi connectivity index (χ4v) is 2.74. The number of amides is 1. The average molecular weight is 396 g/mol. The average Bonchev–Trinajstić information content (AvgIpc) is 2.48. The molecule has 2 rings (SSSR count). The van der Waals surface area contributed by atoms with Crippen LogP contribution in [0.4, 0.5) is 5.69 Å². The minimum absolute atomic E-state index is 0.134. The molecule has 0 radical (unpaired) electrons. The number of nitriles is 1. The number of piperazine rings is 1. The first-order chi connectivity index (χ1) is 10.1. The number of anilines is 1. The van der Waals surface area contributed by atoms with E-state index < -0.39 is 0 Å². The molecule has 21 heavy (non-hydrogen) atoms. The van der Waals surface area contributed by atoms with E-state index in [1.54, 1.807) is 6.20 Å². The first-order valence-electron chi connectivity index (χ1n) is 6.74. The van der Waals surface area contributed by atoms with Gasteiger partial charge in [0.15, 0.2) is 0 Å². The molecule has 1 aromatic carbocycles. The lowest BCUT2D eigenvalue weighted by Gasteiger charge is -2.26. The molecule has 6 heteroatoms. The summed E-state index contributed by atoms with van der Waals surface area (Å²) in [5.41, 5.74) is 1.85. The second kappa shape index (κ2) is 7.43. The van der Waals surface area contributed by atoms with Gasteiger partial charge in [0, 0.05) is 41.6 Å². The molecular formula is C15H17IN4O. The smallest absolute Gasteiger partial charge is 0.267 e. The van der Waals surface area contributed by atoms with E-state index in [-0.39, 0.29) is 11.5 Å². The Bertz CT molecular complexity index is 600. The molecule has 1 aliphatic rings. The van der Waals surface area contributed by atoms with E-state index >= 15 is 0 Å². The number of hydrogen-bond acceptors (Lipinski definition) is 4. The van der Waals surface area contributed by atoms with E-state index in [1.165, 1.54) is 0 Å². The number of benzene rings is 1. The Hall–Kier alpha value is -1.59. The molecule has 5 nitrogen and oxygen atoms in total. The fraction of sp³-hybridized carbons (Fsp3) is 0.333. The summed E-state index contributed by atoms with van der Waals surface area (Å²) in [5, 5.41) is 15.2. The molecule has 1 aromatic rings. The third-order valence-electron chi connectivity index (χ3n) is 3.26. The number of nitrogens with zero attached hydrogens (tertiary/aromatic N) is 2. The normalized spacial score (nSPS) is 15.5. The highest BCUT2D eigenvalue weighted by Gasteiger charge is 2.14. The maximum Gasteiger partial charge on any atom is 0.267 e. The molecule has 0 atom stereocenters. The van der Waals surface area contributed by atoms with Crippen LogP contribution in [0.3, 0.4) is 0 Å². The van der Waals surface area contributed by atoms with Gasteiger partial charge in [0.1, 0.15) is 11.6 Å². The minimum atomic E-state index is -0.361. The van der Waals surface area contributed by atoms with Crippen molar-refractivity contribution in [1.82, 2.24) is 10.2 Å². The van der Waals surface area contributed by atoms with Crippen molar-refractivity contribution in [3.05, 3.63) is 39.1 Å². The lowest BCUT2D eigenvalue weighted by Crippen LogP contribution is -2.41. The van der Waals surface area contributed by atoms with Crippen LogP contribution in [0.1, 0.15) is 5.56 Å². The molecule has 1 saturated heterocycles. The van der Waals surface area contributed by atoms with Gasteiger partial charge < -0.3 is 15.5 Å². The summed E-state index contributed by atoms with van der Waals surface area (Å²) < 4.78 is 1.11. The van der Waals surface area contributed by atoms with Gasteiger partial charge in [-0.2, -0.15) is 5.26 Å². The van der Waals surface area contributed by atoms with Crippen LogP contribution in [0.25, 0.3) is 0 Å². The molecule has 110 valence electrons. The number of hydrogen-bond donors (Lipinski definition) is 2. The zero-order valence-corrected chi connectivity index (χ0v) is 14.0. The van der Waals surface area contributed by atoms with Gasteiger partial charge in [-0.25, -0.2) is 0 Å². The Kier molecular flexibility index (Phi) is 5.59. The Morgan fingerprint density at radius 3 is 2.81 bits per heavy atom. The molecule has 1 heterocycles. The van der Waals surface area contributed by atoms with E-state index in [1.807, 2.05) is 36.1 Å². The van der Waals surface area contributed by atoms with Gasteiger partial charge >= 0.3 is 0 Å². The quantitative estimate of drug-likeness (QED) is 0.465. The monoisotopic (exact) mass is 396 g/mol. The standard InChI is InChI=1S/C15H17IN4O/c1-11-8-13(16)2-3-14(11)19-15(21)12(9-17)10-20-6-4-18-5-7-20/h2-3,8,10,18H,4-7H2,1H3,(H,19,21)/b12-10-. The third kappa shape index (κ3) is 4.44. The van der Waals surface area contributed by atoms with Gasteiger partial charge in [-0.15, -0.1) is 0 Å². The van der Waals surface area contributed by atoms with Crippen LogP contribution in [-0.2, 0) is 4.79 Å². The lowest BCUT2D eigenvalue weighted by molar-refractivity contribution is -0.112. The maximum absolute atomic E-state index is 12.2. The number of aryl methyl sites for hydroxylation is 1. The largest absolute Gasteiger partial charge is 0.374 e. The summed E-state index contributed by atoms with van der Waals surface area (Å²) >= 11 is 2.22. The summed E-state index contributed by atoms with van der Waals surface area (Å²) in [6.45, 7) is 5.28. The molecule has 0 spiro atoms. The van der Waals surface area contributed by atoms with E-state index in [0.717, 1.165) is 41.0 Å². The molecule has 0 bridgehead atoms. The Morgan fingerprint density at radius 1 is 1.48 bits per heavy atom. The first-order valence-corrected chi connectivity index (χ1v) is 7.82. The molecule has 1 amide bonds. The number of halogens is 1. The van der Waals surface area contributed by atoms with Crippen molar-refractivity contribution < 1.29 is 4.79 Å². The van der Waals surface area contributed by atoms with Crippen molar-refractivity contribution in [1.29, 1.82) is 5.26 Å².